The van der Waals surface area contributed by atoms with Crippen molar-refractivity contribution >= 4 is 0 Å². The average molecular weight is 592 g/mol. The van der Waals surface area contributed by atoms with E-state index < -0.39 is 0 Å². The maximum Gasteiger partial charge on any atom is 0.119 e. The van der Waals surface area contributed by atoms with E-state index in [2.05, 4.69) is 73.8 Å². The van der Waals surface area contributed by atoms with Gasteiger partial charge in [-0.2, -0.15) is 0 Å². The summed E-state index contributed by atoms with van der Waals surface area (Å²) in [5.74, 6) is 1.80. The number of aromatic nitrogens is 1. The van der Waals surface area contributed by atoms with Crippen molar-refractivity contribution in [1.29, 1.82) is 0 Å². The number of nitrogens with zero attached hydrogens (tertiary/aromatic N) is 1. The van der Waals surface area contributed by atoms with Crippen molar-refractivity contribution in [1.82, 2.24) is 4.98 Å². The van der Waals surface area contributed by atoms with Gasteiger partial charge in [0.15, 0.2) is 0 Å². The lowest BCUT2D eigenvalue weighted by atomic mass is 10.0. The molecule has 0 aliphatic rings. The lowest BCUT2D eigenvalue weighted by Crippen LogP contribution is -1.97. The number of unbranched alkanes of at least 4 members (excludes halogenated alkanes) is 6. The van der Waals surface area contributed by atoms with Gasteiger partial charge in [0, 0.05) is 17.3 Å². The van der Waals surface area contributed by atoms with Crippen molar-refractivity contribution < 1.29 is 18.9 Å². The second kappa shape index (κ2) is 18.9. The van der Waals surface area contributed by atoms with Gasteiger partial charge in [0.05, 0.1) is 44.6 Å². The predicted molar refractivity (Wildman–Crippen MR) is 181 cm³/mol. The van der Waals surface area contributed by atoms with Crippen LogP contribution < -0.4 is 9.47 Å². The Bertz CT molecular complexity index is 1260. The number of pyridine rings is 1. The molecule has 44 heavy (non-hydrogen) atoms. The number of hydrogen-bond donors (Lipinski definition) is 0. The highest BCUT2D eigenvalue weighted by Gasteiger charge is 2.05. The fraction of sp³-hybridized carbons (Fsp3) is 0.308. The maximum absolute atomic E-state index is 5.92. The van der Waals surface area contributed by atoms with Gasteiger partial charge in [0.1, 0.15) is 11.5 Å². The standard InChI is InChI=1S/C39H45NO4/c1-3-41-27-9-5-7-11-29-43-37-22-17-33(18-23-37)32-13-15-35(16-14-32)39-26-21-36(31-40-39)34-19-24-38(25-20-34)44-30-12-8-6-10-28-42-4-2/h3-4,13-26,31H,1-2,5-12,27-30H2. The molecule has 230 valence electrons. The second-order valence-electron chi connectivity index (χ2n) is 10.7. The van der Waals surface area contributed by atoms with Crippen LogP contribution in [-0.4, -0.2) is 31.4 Å². The molecule has 0 bridgehead atoms. The van der Waals surface area contributed by atoms with E-state index in [0.29, 0.717) is 0 Å². The molecule has 0 saturated heterocycles. The Morgan fingerprint density at radius 2 is 0.818 bits per heavy atom. The lowest BCUT2D eigenvalue weighted by Gasteiger charge is -2.09. The van der Waals surface area contributed by atoms with Crippen LogP contribution in [0.3, 0.4) is 0 Å². The molecular weight excluding hydrogens is 546 g/mol. The number of ether oxygens (including phenoxy) is 4. The largest absolute Gasteiger partial charge is 0.502 e. The molecule has 0 radical (unpaired) electrons. The Morgan fingerprint density at radius 3 is 1.25 bits per heavy atom. The van der Waals surface area contributed by atoms with Gasteiger partial charge in [-0.3, -0.25) is 4.98 Å². The molecule has 4 rings (SSSR count). The van der Waals surface area contributed by atoms with Crippen LogP contribution in [0.2, 0.25) is 0 Å². The van der Waals surface area contributed by atoms with Crippen molar-refractivity contribution in [2.75, 3.05) is 26.4 Å². The van der Waals surface area contributed by atoms with Crippen LogP contribution in [0, 0.1) is 0 Å². The van der Waals surface area contributed by atoms with E-state index in [4.69, 9.17) is 23.9 Å². The zero-order chi connectivity index (χ0) is 30.7. The Hall–Kier alpha value is -4.51. The first-order chi connectivity index (χ1) is 21.8. The third kappa shape index (κ3) is 11.0. The molecule has 3 aromatic carbocycles. The molecular formula is C39H45NO4. The zero-order valence-corrected chi connectivity index (χ0v) is 25.8. The van der Waals surface area contributed by atoms with Crippen molar-refractivity contribution in [2.24, 2.45) is 0 Å². The van der Waals surface area contributed by atoms with Gasteiger partial charge in [-0.25, -0.2) is 0 Å². The van der Waals surface area contributed by atoms with Crippen LogP contribution in [0.5, 0.6) is 11.5 Å². The van der Waals surface area contributed by atoms with Gasteiger partial charge >= 0.3 is 0 Å². The normalized spacial score (nSPS) is 10.6. The molecule has 1 aromatic heterocycles. The van der Waals surface area contributed by atoms with E-state index in [1.807, 2.05) is 30.5 Å². The topological polar surface area (TPSA) is 49.8 Å². The SMILES string of the molecule is C=COCCCCCCOc1ccc(-c2ccc(-c3ccc(-c4ccc(OCCCCCCOC=C)cc4)cn3)cc2)cc1. The molecule has 0 unspecified atom stereocenters. The van der Waals surface area contributed by atoms with Gasteiger partial charge in [-0.05, 0) is 98.4 Å². The highest BCUT2D eigenvalue weighted by atomic mass is 16.5. The van der Waals surface area contributed by atoms with Gasteiger partial charge in [-0.15, -0.1) is 0 Å². The molecule has 0 saturated carbocycles. The second-order valence-corrected chi connectivity index (χ2v) is 10.7. The number of benzene rings is 3. The highest BCUT2D eigenvalue weighted by Crippen LogP contribution is 2.28. The Morgan fingerprint density at radius 1 is 0.432 bits per heavy atom. The van der Waals surface area contributed by atoms with Crippen molar-refractivity contribution in [3.05, 3.63) is 117 Å². The fourth-order valence-corrected chi connectivity index (χ4v) is 4.88. The van der Waals surface area contributed by atoms with Crippen LogP contribution in [-0.2, 0) is 9.47 Å². The van der Waals surface area contributed by atoms with E-state index in [1.165, 1.54) is 18.1 Å². The van der Waals surface area contributed by atoms with Gasteiger partial charge in [0.2, 0.25) is 0 Å². The molecule has 0 atom stereocenters. The van der Waals surface area contributed by atoms with Crippen molar-refractivity contribution in [3.8, 4) is 45.0 Å². The van der Waals surface area contributed by atoms with Gasteiger partial charge < -0.3 is 18.9 Å². The first kappa shape index (κ1) is 32.4. The van der Waals surface area contributed by atoms with Crippen LogP contribution in [0.15, 0.2) is 117 Å². The molecule has 1 heterocycles. The molecule has 0 spiro atoms. The van der Waals surface area contributed by atoms with E-state index in [0.717, 1.165) is 117 Å². The highest BCUT2D eigenvalue weighted by molar-refractivity contribution is 5.71. The first-order valence-corrected chi connectivity index (χ1v) is 15.7. The minimum absolute atomic E-state index is 0.727. The minimum atomic E-state index is 0.727. The Kier molecular flexibility index (Phi) is 13.9. The van der Waals surface area contributed by atoms with Crippen LogP contribution in [0.4, 0.5) is 0 Å². The predicted octanol–water partition coefficient (Wildman–Crippen LogP) is 10.3. The molecule has 0 aliphatic heterocycles. The summed E-state index contributed by atoms with van der Waals surface area (Å²) in [6, 6.07) is 29.3. The third-order valence-corrected chi connectivity index (χ3v) is 7.41. The summed E-state index contributed by atoms with van der Waals surface area (Å²) in [6.45, 7) is 10.1. The summed E-state index contributed by atoms with van der Waals surface area (Å²) in [4.78, 5) is 4.75. The summed E-state index contributed by atoms with van der Waals surface area (Å²) in [6.07, 6.45) is 13.7. The molecule has 5 nitrogen and oxygen atoms in total. The quantitative estimate of drug-likeness (QED) is 0.0713. The lowest BCUT2D eigenvalue weighted by molar-refractivity contribution is 0.239. The zero-order valence-electron chi connectivity index (χ0n) is 25.8. The monoisotopic (exact) mass is 591 g/mol. The first-order valence-electron chi connectivity index (χ1n) is 15.7. The molecule has 0 amide bonds. The van der Waals surface area contributed by atoms with Crippen LogP contribution in [0.1, 0.15) is 51.4 Å². The molecule has 5 heteroatoms. The van der Waals surface area contributed by atoms with E-state index in [1.54, 1.807) is 0 Å². The number of rotatable bonds is 21. The fourth-order valence-electron chi connectivity index (χ4n) is 4.88. The van der Waals surface area contributed by atoms with Crippen LogP contribution in [0.25, 0.3) is 33.5 Å². The molecule has 4 aromatic rings. The minimum Gasteiger partial charge on any atom is -0.502 e. The summed E-state index contributed by atoms with van der Waals surface area (Å²) >= 11 is 0. The molecule has 0 fully saturated rings. The van der Waals surface area contributed by atoms with E-state index in [9.17, 15) is 0 Å². The third-order valence-electron chi connectivity index (χ3n) is 7.41. The van der Waals surface area contributed by atoms with Gasteiger partial charge in [-0.1, -0.05) is 67.8 Å². The Balaban J connectivity index is 1.20. The average Bonchev–Trinajstić information content (AvgIpc) is 3.08. The van der Waals surface area contributed by atoms with Crippen molar-refractivity contribution in [2.45, 2.75) is 51.4 Å². The van der Waals surface area contributed by atoms with E-state index in [-0.39, 0.29) is 0 Å². The van der Waals surface area contributed by atoms with Crippen LogP contribution >= 0.6 is 0 Å². The summed E-state index contributed by atoms with van der Waals surface area (Å²) in [5, 5.41) is 0. The van der Waals surface area contributed by atoms with E-state index >= 15 is 0 Å². The smallest absolute Gasteiger partial charge is 0.119 e. The Labute approximate surface area is 263 Å². The van der Waals surface area contributed by atoms with Gasteiger partial charge in [0.25, 0.3) is 0 Å². The number of hydrogen-bond acceptors (Lipinski definition) is 5. The summed E-state index contributed by atoms with van der Waals surface area (Å²) in [5.41, 5.74) is 6.58. The van der Waals surface area contributed by atoms with Crippen molar-refractivity contribution in [3.63, 3.8) is 0 Å². The maximum atomic E-state index is 5.92. The summed E-state index contributed by atoms with van der Waals surface area (Å²) in [7, 11) is 0. The molecule has 0 aliphatic carbocycles. The summed E-state index contributed by atoms with van der Waals surface area (Å²) < 4.78 is 22.1. The molecule has 0 N–H and O–H groups in total.